The predicted octanol–water partition coefficient (Wildman–Crippen LogP) is 2.45. The third-order valence-corrected chi connectivity index (χ3v) is 5.35. The van der Waals surface area contributed by atoms with Crippen LogP contribution in [0.4, 0.5) is 5.69 Å². The van der Waals surface area contributed by atoms with Gasteiger partial charge in [-0.2, -0.15) is 0 Å². The maximum absolute atomic E-state index is 12.3. The topological polar surface area (TPSA) is 97.1 Å². The smallest absolute Gasteiger partial charge is 0.281 e. The van der Waals surface area contributed by atoms with E-state index in [1.165, 1.54) is 11.3 Å². The van der Waals surface area contributed by atoms with Crippen molar-refractivity contribution in [1.29, 1.82) is 0 Å². The van der Waals surface area contributed by atoms with E-state index in [1.54, 1.807) is 0 Å². The highest BCUT2D eigenvalue weighted by Gasteiger charge is 2.24. The summed E-state index contributed by atoms with van der Waals surface area (Å²) < 4.78 is 0. The fourth-order valence-electron chi connectivity index (χ4n) is 3.10. The average Bonchev–Trinajstić information content (AvgIpc) is 3.12. The van der Waals surface area contributed by atoms with Crippen LogP contribution >= 0.6 is 11.3 Å². The van der Waals surface area contributed by atoms with Crippen LogP contribution in [0.3, 0.4) is 0 Å². The highest BCUT2D eigenvalue weighted by Crippen LogP contribution is 2.34. The Labute approximate surface area is 138 Å². The van der Waals surface area contributed by atoms with Gasteiger partial charge in [0, 0.05) is 17.0 Å². The molecule has 2 heterocycles. The van der Waals surface area contributed by atoms with Crippen LogP contribution < -0.4 is 16.6 Å². The standard InChI is InChI=1S/C16H20N4O2S/c1-8-7-9(2)18-16-11(8)12(17)13(23-16)15(22)20-19-14(21)10-5-3-4-6-10/h7,10H,3-6,17H2,1-2H3,(H,19,21)(H,20,22). The van der Waals surface area contributed by atoms with Crippen molar-refractivity contribution < 1.29 is 9.59 Å². The first-order valence-electron chi connectivity index (χ1n) is 7.73. The molecule has 4 N–H and O–H groups in total. The lowest BCUT2D eigenvalue weighted by Gasteiger charge is -2.11. The van der Waals surface area contributed by atoms with Gasteiger partial charge in [-0.25, -0.2) is 4.98 Å². The molecule has 6 nitrogen and oxygen atoms in total. The number of rotatable bonds is 2. The first-order valence-corrected chi connectivity index (χ1v) is 8.55. The van der Waals surface area contributed by atoms with Gasteiger partial charge >= 0.3 is 0 Å². The van der Waals surface area contributed by atoms with Crippen LogP contribution in [0.25, 0.3) is 10.2 Å². The minimum atomic E-state index is -0.395. The summed E-state index contributed by atoms with van der Waals surface area (Å²) in [5, 5.41) is 0.813. The number of nitrogens with two attached hydrogens (primary N) is 1. The lowest BCUT2D eigenvalue weighted by atomic mass is 10.1. The van der Waals surface area contributed by atoms with Crippen LogP contribution in [-0.4, -0.2) is 16.8 Å². The first kappa shape index (κ1) is 15.7. The zero-order valence-electron chi connectivity index (χ0n) is 13.2. The van der Waals surface area contributed by atoms with E-state index < -0.39 is 5.91 Å². The van der Waals surface area contributed by atoms with Crippen LogP contribution in [-0.2, 0) is 4.79 Å². The normalized spacial score (nSPS) is 15.0. The number of fused-ring (bicyclic) bond motifs is 1. The zero-order valence-corrected chi connectivity index (χ0v) is 14.0. The molecule has 0 spiro atoms. The maximum Gasteiger partial charge on any atom is 0.281 e. The van der Waals surface area contributed by atoms with Crippen LogP contribution in [0.15, 0.2) is 6.07 Å². The molecule has 2 amide bonds. The van der Waals surface area contributed by atoms with Crippen molar-refractivity contribution in [3.05, 3.63) is 22.2 Å². The van der Waals surface area contributed by atoms with Gasteiger partial charge in [-0.05, 0) is 38.3 Å². The molecule has 0 bridgehead atoms. The lowest BCUT2D eigenvalue weighted by Crippen LogP contribution is -2.44. The molecular weight excluding hydrogens is 312 g/mol. The number of hydrogen-bond donors (Lipinski definition) is 3. The van der Waals surface area contributed by atoms with Gasteiger partial charge in [0.25, 0.3) is 5.91 Å². The number of aromatic nitrogens is 1. The number of thiophene rings is 1. The van der Waals surface area contributed by atoms with Gasteiger partial charge in [0.05, 0.1) is 5.69 Å². The number of nitrogens with zero attached hydrogens (tertiary/aromatic N) is 1. The molecular formula is C16H20N4O2S. The van der Waals surface area contributed by atoms with Gasteiger partial charge in [0.15, 0.2) is 0 Å². The molecule has 0 aliphatic heterocycles. The number of aryl methyl sites for hydroxylation is 2. The van der Waals surface area contributed by atoms with Crippen LogP contribution in [0.5, 0.6) is 0 Å². The first-order chi connectivity index (χ1) is 11.0. The van der Waals surface area contributed by atoms with Crippen molar-refractivity contribution in [1.82, 2.24) is 15.8 Å². The number of amides is 2. The van der Waals surface area contributed by atoms with Gasteiger partial charge in [0.2, 0.25) is 5.91 Å². The molecule has 0 atom stereocenters. The largest absolute Gasteiger partial charge is 0.397 e. The number of carbonyl (C=O) groups excluding carboxylic acids is 2. The minimum absolute atomic E-state index is 0.00150. The van der Waals surface area contributed by atoms with Gasteiger partial charge in [0.1, 0.15) is 9.71 Å². The van der Waals surface area contributed by atoms with Crippen molar-refractivity contribution >= 4 is 39.1 Å². The SMILES string of the molecule is Cc1cc(C)c2c(N)c(C(=O)NNC(=O)C3CCCC3)sc2n1. The third-order valence-electron chi connectivity index (χ3n) is 4.26. The summed E-state index contributed by atoms with van der Waals surface area (Å²) >= 11 is 1.24. The number of anilines is 1. The number of nitrogen functional groups attached to an aromatic ring is 1. The summed E-state index contributed by atoms with van der Waals surface area (Å²) in [6.07, 6.45) is 3.91. The molecule has 23 heavy (non-hydrogen) atoms. The molecule has 1 aliphatic carbocycles. The van der Waals surface area contributed by atoms with Crippen molar-refractivity contribution in [3.8, 4) is 0 Å². The molecule has 2 aromatic heterocycles. The van der Waals surface area contributed by atoms with Gasteiger partial charge < -0.3 is 5.73 Å². The average molecular weight is 332 g/mol. The number of carbonyl (C=O) groups is 2. The van der Waals surface area contributed by atoms with Gasteiger partial charge in [-0.3, -0.25) is 20.4 Å². The summed E-state index contributed by atoms with van der Waals surface area (Å²) in [5.74, 6) is -0.517. The second-order valence-corrected chi connectivity index (χ2v) is 7.03. The fraction of sp³-hybridized carbons (Fsp3) is 0.438. The van der Waals surface area contributed by atoms with E-state index in [2.05, 4.69) is 15.8 Å². The van der Waals surface area contributed by atoms with Gasteiger partial charge in [-0.1, -0.05) is 12.8 Å². The third kappa shape index (κ3) is 3.01. The Balaban J connectivity index is 1.77. The van der Waals surface area contributed by atoms with Crippen molar-refractivity contribution in [2.75, 3.05) is 5.73 Å². The molecule has 0 unspecified atom stereocenters. The zero-order chi connectivity index (χ0) is 16.6. The molecule has 1 saturated carbocycles. The Hall–Kier alpha value is -2.15. The predicted molar refractivity (Wildman–Crippen MR) is 91.1 cm³/mol. The van der Waals surface area contributed by atoms with E-state index >= 15 is 0 Å². The van der Waals surface area contributed by atoms with Crippen molar-refractivity contribution in [3.63, 3.8) is 0 Å². The molecule has 122 valence electrons. The van der Waals surface area contributed by atoms with Crippen LogP contribution in [0, 0.1) is 19.8 Å². The second kappa shape index (κ2) is 6.16. The number of hydrogen-bond acceptors (Lipinski definition) is 5. The van der Waals surface area contributed by atoms with Crippen LogP contribution in [0.1, 0.15) is 46.6 Å². The maximum atomic E-state index is 12.3. The number of hydrazine groups is 1. The van der Waals surface area contributed by atoms with E-state index in [0.29, 0.717) is 10.6 Å². The van der Waals surface area contributed by atoms with Gasteiger partial charge in [-0.15, -0.1) is 11.3 Å². The second-order valence-electron chi connectivity index (χ2n) is 6.03. The molecule has 0 radical (unpaired) electrons. The summed E-state index contributed by atoms with van der Waals surface area (Å²) in [6.45, 7) is 3.85. The van der Waals surface area contributed by atoms with E-state index in [1.807, 2.05) is 19.9 Å². The summed E-state index contributed by atoms with van der Waals surface area (Å²) in [6, 6.07) is 1.94. The molecule has 0 aromatic carbocycles. The Bertz CT molecular complexity index is 778. The number of nitrogens with one attached hydrogen (secondary N) is 2. The molecule has 1 aliphatic rings. The monoisotopic (exact) mass is 332 g/mol. The molecule has 3 rings (SSSR count). The van der Waals surface area contributed by atoms with E-state index in [0.717, 1.165) is 47.2 Å². The lowest BCUT2D eigenvalue weighted by molar-refractivity contribution is -0.125. The summed E-state index contributed by atoms with van der Waals surface area (Å²) in [5.41, 5.74) is 13.4. The van der Waals surface area contributed by atoms with E-state index in [-0.39, 0.29) is 11.8 Å². The fourth-order valence-corrected chi connectivity index (χ4v) is 4.21. The molecule has 7 heteroatoms. The summed E-state index contributed by atoms with van der Waals surface area (Å²) in [7, 11) is 0. The van der Waals surface area contributed by atoms with Crippen LogP contribution in [0.2, 0.25) is 0 Å². The Morgan fingerprint density at radius 3 is 2.65 bits per heavy atom. The minimum Gasteiger partial charge on any atom is -0.397 e. The molecule has 2 aromatic rings. The summed E-state index contributed by atoms with van der Waals surface area (Å²) in [4.78, 5) is 29.9. The molecule has 1 fully saturated rings. The highest BCUT2D eigenvalue weighted by atomic mass is 32.1. The van der Waals surface area contributed by atoms with E-state index in [9.17, 15) is 9.59 Å². The Morgan fingerprint density at radius 1 is 1.26 bits per heavy atom. The Morgan fingerprint density at radius 2 is 1.96 bits per heavy atom. The van der Waals surface area contributed by atoms with Crippen molar-refractivity contribution in [2.45, 2.75) is 39.5 Å². The number of pyridine rings is 1. The Kier molecular flexibility index (Phi) is 4.21. The highest BCUT2D eigenvalue weighted by molar-refractivity contribution is 7.21. The van der Waals surface area contributed by atoms with E-state index in [4.69, 9.17) is 5.73 Å². The quantitative estimate of drug-likeness (QED) is 0.736. The van der Waals surface area contributed by atoms with Crippen molar-refractivity contribution in [2.24, 2.45) is 5.92 Å². The molecule has 0 saturated heterocycles.